The minimum absolute atomic E-state index is 0.00690. The fourth-order valence-electron chi connectivity index (χ4n) is 1.54. The van der Waals surface area contributed by atoms with E-state index in [1.54, 1.807) is 0 Å². The summed E-state index contributed by atoms with van der Waals surface area (Å²) in [6.45, 7) is 0.00690. The zero-order chi connectivity index (χ0) is 14.0. The highest BCUT2D eigenvalue weighted by Gasteiger charge is 2.16. The second kappa shape index (κ2) is 5.19. The number of nitro groups is 1. The maximum atomic E-state index is 11.8. The minimum atomic E-state index is -0.747. The van der Waals surface area contributed by atoms with E-state index >= 15 is 0 Å². The number of hydrogen-bond acceptors (Lipinski definition) is 5. The fourth-order valence-corrected chi connectivity index (χ4v) is 2.01. The Labute approximate surface area is 114 Å². The molecule has 2 aromatic rings. The van der Waals surface area contributed by atoms with Crippen molar-refractivity contribution in [1.29, 1.82) is 0 Å². The summed E-state index contributed by atoms with van der Waals surface area (Å²) in [4.78, 5) is 32.3. The maximum absolute atomic E-state index is 11.8. The summed E-state index contributed by atoms with van der Waals surface area (Å²) >= 11 is 3.10. The highest BCUT2D eigenvalue weighted by molar-refractivity contribution is 9.10. The zero-order valence-corrected chi connectivity index (χ0v) is 11.0. The molecule has 0 bridgehead atoms. The van der Waals surface area contributed by atoms with Crippen LogP contribution in [0.5, 0.6) is 0 Å². The zero-order valence-electron chi connectivity index (χ0n) is 9.41. The lowest BCUT2D eigenvalue weighted by molar-refractivity contribution is -0.386. The van der Waals surface area contributed by atoms with Crippen LogP contribution in [-0.4, -0.2) is 15.8 Å². The number of rotatable bonds is 4. The normalized spacial score (nSPS) is 10.4. The van der Waals surface area contributed by atoms with E-state index in [0.29, 0.717) is 16.5 Å². The summed E-state index contributed by atoms with van der Waals surface area (Å²) in [5.74, 6) is 0.490. The molecule has 0 aliphatic rings. The number of hydrogen-bond donors (Lipinski definition) is 0. The molecule has 0 spiro atoms. The second-order valence-electron chi connectivity index (χ2n) is 3.66. The van der Waals surface area contributed by atoms with Gasteiger partial charge in [0.1, 0.15) is 5.76 Å². The van der Waals surface area contributed by atoms with Crippen LogP contribution in [0.1, 0.15) is 16.3 Å². The molecule has 0 fully saturated rings. The van der Waals surface area contributed by atoms with Gasteiger partial charge in [0.05, 0.1) is 11.5 Å². The van der Waals surface area contributed by atoms with Crippen molar-refractivity contribution in [2.24, 2.45) is 0 Å². The Hall–Kier alpha value is -2.22. The van der Waals surface area contributed by atoms with Crippen LogP contribution in [0.3, 0.4) is 0 Å². The molecule has 0 unspecified atom stereocenters. The molecule has 0 radical (unpaired) electrons. The number of nitrogens with zero attached hydrogens (tertiary/aromatic N) is 2. The van der Waals surface area contributed by atoms with Gasteiger partial charge in [-0.2, -0.15) is 0 Å². The summed E-state index contributed by atoms with van der Waals surface area (Å²) in [6.07, 6.45) is 1.95. The van der Waals surface area contributed by atoms with Crippen molar-refractivity contribution in [3.05, 3.63) is 60.9 Å². The average Bonchev–Trinajstić information content (AvgIpc) is 2.80. The van der Waals surface area contributed by atoms with E-state index in [1.165, 1.54) is 18.3 Å². The van der Waals surface area contributed by atoms with Crippen molar-refractivity contribution in [3.63, 3.8) is 0 Å². The third-order valence-corrected chi connectivity index (χ3v) is 2.79. The van der Waals surface area contributed by atoms with E-state index in [-0.39, 0.29) is 12.3 Å². The quantitative estimate of drug-likeness (QED) is 0.486. The molecule has 2 heterocycles. The van der Waals surface area contributed by atoms with Crippen molar-refractivity contribution in [1.82, 2.24) is 4.57 Å². The summed E-state index contributed by atoms with van der Waals surface area (Å²) in [7, 11) is 0. The second-order valence-corrected chi connectivity index (χ2v) is 4.57. The Kier molecular flexibility index (Phi) is 3.61. The van der Waals surface area contributed by atoms with Gasteiger partial charge in [0.25, 0.3) is 0 Å². The van der Waals surface area contributed by atoms with Gasteiger partial charge in [0.15, 0.2) is 12.0 Å². The monoisotopic (exact) mass is 326 g/mol. The van der Waals surface area contributed by atoms with Gasteiger partial charge in [0.2, 0.25) is 0 Å². The van der Waals surface area contributed by atoms with Crippen LogP contribution in [0.15, 0.2) is 38.1 Å². The Morgan fingerprint density at radius 3 is 2.79 bits per heavy atom. The number of pyridine rings is 1. The molecule has 19 heavy (non-hydrogen) atoms. The lowest BCUT2D eigenvalue weighted by Crippen LogP contribution is -2.22. The molecule has 2 aromatic heterocycles. The lowest BCUT2D eigenvalue weighted by atomic mass is 10.3. The molecule has 0 atom stereocenters. The molecule has 0 saturated heterocycles. The largest absolute Gasteiger partial charge is 0.456 e. The first-order valence-corrected chi connectivity index (χ1v) is 5.89. The standard InChI is InChI=1S/C11H7BrN2O5/c12-7-3-10(14(17)18)11(16)13(4-7)5-8-1-2-9(6-15)19-8/h1-4,6H,5H2. The Morgan fingerprint density at radius 1 is 1.47 bits per heavy atom. The molecule has 7 nitrogen and oxygen atoms in total. The Morgan fingerprint density at radius 2 is 2.21 bits per heavy atom. The van der Waals surface area contributed by atoms with E-state index < -0.39 is 16.2 Å². The van der Waals surface area contributed by atoms with Crippen molar-refractivity contribution < 1.29 is 14.1 Å². The predicted octanol–water partition coefficient (Wildman–Crippen LogP) is 1.97. The fraction of sp³-hybridized carbons (Fsp3) is 0.0909. The highest BCUT2D eigenvalue weighted by Crippen LogP contribution is 2.15. The topological polar surface area (TPSA) is 95.4 Å². The number of carbonyl (C=O) groups is 1. The number of furan rings is 1. The van der Waals surface area contributed by atoms with Crippen molar-refractivity contribution >= 4 is 27.9 Å². The van der Waals surface area contributed by atoms with E-state index in [9.17, 15) is 19.7 Å². The average molecular weight is 327 g/mol. The first-order valence-electron chi connectivity index (χ1n) is 5.09. The van der Waals surface area contributed by atoms with Gasteiger partial charge in [-0.3, -0.25) is 19.7 Å². The molecular formula is C11H7BrN2O5. The molecule has 0 N–H and O–H groups in total. The SMILES string of the molecule is O=Cc1ccc(Cn2cc(Br)cc([N+](=O)[O-])c2=O)o1. The van der Waals surface area contributed by atoms with E-state index in [0.717, 1.165) is 10.6 Å². The smallest absolute Gasteiger partial charge is 0.335 e. The summed E-state index contributed by atoms with van der Waals surface area (Å²) in [6, 6.07) is 4.13. The number of halogens is 1. The lowest BCUT2D eigenvalue weighted by Gasteiger charge is -2.03. The van der Waals surface area contributed by atoms with Crippen molar-refractivity contribution in [2.75, 3.05) is 0 Å². The van der Waals surface area contributed by atoms with Crippen LogP contribution in [0.2, 0.25) is 0 Å². The van der Waals surface area contributed by atoms with E-state index in [1.807, 2.05) is 0 Å². The molecule has 2 rings (SSSR count). The van der Waals surface area contributed by atoms with Crippen molar-refractivity contribution in [3.8, 4) is 0 Å². The molecular weight excluding hydrogens is 320 g/mol. The number of aromatic nitrogens is 1. The van der Waals surface area contributed by atoms with Gasteiger partial charge in [-0.05, 0) is 28.1 Å². The van der Waals surface area contributed by atoms with E-state index in [4.69, 9.17) is 4.42 Å². The van der Waals surface area contributed by atoms with Crippen LogP contribution < -0.4 is 5.56 Å². The first-order chi connectivity index (χ1) is 9.01. The van der Waals surface area contributed by atoms with Gasteiger partial charge in [0, 0.05) is 16.7 Å². The molecule has 0 aliphatic heterocycles. The summed E-state index contributed by atoms with van der Waals surface area (Å²) in [5.41, 5.74) is -1.27. The number of aldehydes is 1. The predicted molar refractivity (Wildman–Crippen MR) is 68.3 cm³/mol. The van der Waals surface area contributed by atoms with Crippen LogP contribution in [0, 0.1) is 10.1 Å². The van der Waals surface area contributed by atoms with Gasteiger partial charge in [-0.15, -0.1) is 0 Å². The Bertz CT molecular complexity index is 703. The van der Waals surface area contributed by atoms with Gasteiger partial charge >= 0.3 is 11.2 Å². The van der Waals surface area contributed by atoms with Gasteiger partial charge in [-0.25, -0.2) is 0 Å². The summed E-state index contributed by atoms with van der Waals surface area (Å²) in [5, 5.41) is 10.7. The first kappa shape index (κ1) is 13.2. The highest BCUT2D eigenvalue weighted by atomic mass is 79.9. The van der Waals surface area contributed by atoms with Gasteiger partial charge < -0.3 is 8.98 Å². The maximum Gasteiger partial charge on any atom is 0.335 e. The Balaban J connectivity index is 2.42. The van der Waals surface area contributed by atoms with Crippen LogP contribution in [0.4, 0.5) is 5.69 Å². The third-order valence-electron chi connectivity index (χ3n) is 2.36. The van der Waals surface area contributed by atoms with Gasteiger partial charge in [-0.1, -0.05) is 0 Å². The van der Waals surface area contributed by atoms with E-state index in [2.05, 4.69) is 15.9 Å². The summed E-state index contributed by atoms with van der Waals surface area (Å²) < 4.78 is 6.66. The minimum Gasteiger partial charge on any atom is -0.456 e. The van der Waals surface area contributed by atoms with Crippen LogP contribution in [0.25, 0.3) is 0 Å². The number of carbonyl (C=O) groups excluding carboxylic acids is 1. The van der Waals surface area contributed by atoms with Crippen LogP contribution in [-0.2, 0) is 6.54 Å². The van der Waals surface area contributed by atoms with Crippen molar-refractivity contribution in [2.45, 2.75) is 6.54 Å². The molecule has 0 amide bonds. The molecule has 0 aliphatic carbocycles. The molecule has 0 aromatic carbocycles. The molecule has 0 saturated carbocycles. The third kappa shape index (κ3) is 2.79. The molecule has 98 valence electrons. The molecule has 8 heteroatoms. The van der Waals surface area contributed by atoms with Crippen LogP contribution >= 0.6 is 15.9 Å².